The van der Waals surface area contributed by atoms with Crippen molar-refractivity contribution in [3.63, 3.8) is 0 Å². The maximum atomic E-state index is 14.0. The third kappa shape index (κ3) is 5.59. The van der Waals surface area contributed by atoms with Gasteiger partial charge >= 0.3 is 12.1 Å². The Morgan fingerprint density at radius 3 is 2.18 bits per heavy atom. The molecule has 8 nitrogen and oxygen atoms in total. The molecule has 4 fully saturated rings. The minimum atomic E-state index is -5.08. The van der Waals surface area contributed by atoms with Crippen molar-refractivity contribution in [1.29, 1.82) is 0 Å². The molecule has 0 spiro atoms. The van der Waals surface area contributed by atoms with Crippen LogP contribution in [0.15, 0.2) is 17.0 Å². The van der Waals surface area contributed by atoms with E-state index < -0.39 is 28.3 Å². The summed E-state index contributed by atoms with van der Waals surface area (Å²) in [5.74, 6) is -2.76. The van der Waals surface area contributed by atoms with Crippen molar-refractivity contribution in [3.05, 3.63) is 17.2 Å². The number of halogens is 5. The molecule has 1 N–H and O–H groups in total. The fraction of sp³-hybridized carbons (Fsp3) is 0.667. The van der Waals surface area contributed by atoms with Crippen LogP contribution in [-0.2, 0) is 14.8 Å². The van der Waals surface area contributed by atoms with Crippen molar-refractivity contribution in [2.24, 2.45) is 0 Å². The highest BCUT2D eigenvalue weighted by Crippen LogP contribution is 2.43. The predicted octanol–water partition coefficient (Wildman–Crippen LogP) is 4.91. The second-order valence-electron chi connectivity index (χ2n) is 10.6. The molecular formula is C24H29ClF4N4O4S2. The number of fused-ring (bicyclic) bond motifs is 5. The number of carbonyl (C=O) groups is 1. The molecule has 0 aliphatic carbocycles. The minimum Gasteiger partial charge on any atom is -0.475 e. The summed E-state index contributed by atoms with van der Waals surface area (Å²) in [7, 11) is -1.56. The first-order valence-electron chi connectivity index (χ1n) is 12.8. The van der Waals surface area contributed by atoms with Gasteiger partial charge in [0.15, 0.2) is 5.13 Å². The lowest BCUT2D eigenvalue weighted by Crippen LogP contribution is -2.59. The van der Waals surface area contributed by atoms with Crippen LogP contribution in [0.2, 0.25) is 5.02 Å². The second-order valence-corrected chi connectivity index (χ2v) is 13.9. The molecule has 0 amide bonds. The van der Waals surface area contributed by atoms with Crippen LogP contribution in [-0.4, -0.2) is 90.3 Å². The van der Waals surface area contributed by atoms with Crippen LogP contribution in [0.5, 0.6) is 0 Å². The summed E-state index contributed by atoms with van der Waals surface area (Å²) in [5.41, 5.74) is 0.739. The number of piperidine rings is 2. The predicted molar refractivity (Wildman–Crippen MR) is 140 cm³/mol. The van der Waals surface area contributed by atoms with Gasteiger partial charge in [0.05, 0.1) is 15.2 Å². The van der Waals surface area contributed by atoms with Gasteiger partial charge < -0.3 is 10.0 Å². The zero-order chi connectivity index (χ0) is 28.3. The largest absolute Gasteiger partial charge is 0.490 e. The number of hydrogen-bond donors (Lipinski definition) is 1. The summed E-state index contributed by atoms with van der Waals surface area (Å²) in [6, 6.07) is 3.94. The highest BCUT2D eigenvalue weighted by atomic mass is 35.5. The quantitative estimate of drug-likeness (QED) is 0.492. The molecule has 5 heterocycles. The molecule has 5 atom stereocenters. The topological polar surface area (TPSA) is 94.0 Å². The van der Waals surface area contributed by atoms with Gasteiger partial charge in [-0.2, -0.15) is 17.5 Å². The van der Waals surface area contributed by atoms with Gasteiger partial charge in [-0.1, -0.05) is 29.4 Å². The smallest absolute Gasteiger partial charge is 0.475 e. The average Bonchev–Trinajstić information content (AvgIpc) is 3.36. The molecule has 15 heteroatoms. The number of piperazine rings is 1. The van der Waals surface area contributed by atoms with Gasteiger partial charge in [-0.15, -0.1) is 0 Å². The van der Waals surface area contributed by atoms with E-state index in [9.17, 15) is 26.0 Å². The first kappa shape index (κ1) is 28.8. The fourth-order valence-electron chi connectivity index (χ4n) is 6.30. The lowest BCUT2D eigenvalue weighted by atomic mass is 9.92. The Hall–Kier alpha value is -1.74. The van der Waals surface area contributed by atoms with Crippen LogP contribution in [0, 0.1) is 0 Å². The van der Waals surface area contributed by atoms with Gasteiger partial charge in [0.2, 0.25) is 10.0 Å². The molecule has 4 bridgehead atoms. The van der Waals surface area contributed by atoms with E-state index in [1.54, 1.807) is 27.8 Å². The number of nitrogens with zero attached hydrogens (tertiary/aromatic N) is 4. The summed E-state index contributed by atoms with van der Waals surface area (Å²) in [5, 5.41) is 8.26. The van der Waals surface area contributed by atoms with Crippen LogP contribution < -0.4 is 4.90 Å². The summed E-state index contributed by atoms with van der Waals surface area (Å²) >= 11 is 8.05. The van der Waals surface area contributed by atoms with Crippen LogP contribution >= 0.6 is 22.9 Å². The molecule has 0 radical (unpaired) electrons. The Bertz CT molecular complexity index is 1330. The number of carboxylic acids is 1. The standard InChI is InChI=1S/C22H28ClFN4O2S2.C2HF3O2/c1-26-16-3-2-4-17(26)12-27(11-16)22-25-19-9-18(23)21(10-20(19)31-22)32(29,30)28-14-5-6-15(28)8-13(24)7-14;3-2(4,5)1(6)7/h9-10,13-17H,2-8,11-12H2,1H3;(H,6,7)/t13?,14-,15+,16?,17?;. The van der Waals surface area contributed by atoms with Crippen LogP contribution in [0.3, 0.4) is 0 Å². The van der Waals surface area contributed by atoms with E-state index in [1.807, 2.05) is 0 Å². The number of carboxylic acid groups (broad SMARTS) is 1. The number of thiazole rings is 1. The van der Waals surface area contributed by atoms with Crippen molar-refractivity contribution in [2.75, 3.05) is 25.0 Å². The van der Waals surface area contributed by atoms with E-state index in [1.165, 1.54) is 19.3 Å². The number of rotatable bonds is 3. The van der Waals surface area contributed by atoms with Crippen molar-refractivity contribution in [3.8, 4) is 0 Å². The highest BCUT2D eigenvalue weighted by molar-refractivity contribution is 7.89. The average molecular weight is 613 g/mol. The molecule has 6 rings (SSSR count). The van der Waals surface area contributed by atoms with Crippen LogP contribution in [0.1, 0.15) is 44.9 Å². The van der Waals surface area contributed by atoms with Gasteiger partial charge in [-0.05, 0) is 57.7 Å². The van der Waals surface area contributed by atoms with E-state index in [4.69, 9.17) is 26.5 Å². The Morgan fingerprint density at radius 1 is 1.08 bits per heavy atom. The summed E-state index contributed by atoms with van der Waals surface area (Å²) in [6.07, 6.45) is -0.282. The summed E-state index contributed by atoms with van der Waals surface area (Å²) in [6.45, 7) is 1.90. The number of alkyl halides is 4. The lowest BCUT2D eigenvalue weighted by molar-refractivity contribution is -0.192. The second kappa shape index (κ2) is 10.6. The molecular weight excluding hydrogens is 584 g/mol. The number of aliphatic carboxylic acids is 1. The maximum Gasteiger partial charge on any atom is 0.490 e. The van der Waals surface area contributed by atoms with Gasteiger partial charge in [-0.3, -0.25) is 4.90 Å². The Kier molecular flexibility index (Phi) is 7.81. The molecule has 2 aromatic rings. The van der Waals surface area contributed by atoms with Crippen LogP contribution in [0.25, 0.3) is 10.2 Å². The molecule has 4 aliphatic heterocycles. The molecule has 1 aromatic heterocycles. The van der Waals surface area contributed by atoms with Gasteiger partial charge in [0, 0.05) is 37.3 Å². The summed E-state index contributed by atoms with van der Waals surface area (Å²) < 4.78 is 75.3. The van der Waals surface area contributed by atoms with E-state index in [2.05, 4.69) is 16.8 Å². The number of hydrogen-bond acceptors (Lipinski definition) is 7. The fourth-order valence-corrected chi connectivity index (χ4v) is 9.80. The van der Waals surface area contributed by atoms with E-state index >= 15 is 0 Å². The SMILES string of the molecule is CN1C2CCCC1CN(c1nc3cc(Cl)c(S(=O)(=O)N4[C@@H]5CC[C@H]4CC(F)C5)cc3s1)C2.O=C(O)C(F)(F)F. The Morgan fingerprint density at radius 2 is 1.64 bits per heavy atom. The van der Waals surface area contributed by atoms with Crippen LogP contribution in [0.4, 0.5) is 22.7 Å². The van der Waals surface area contributed by atoms with Crippen molar-refractivity contribution in [1.82, 2.24) is 14.2 Å². The normalized spacial score (nSPS) is 29.8. The summed E-state index contributed by atoms with van der Waals surface area (Å²) in [4.78, 5) is 18.7. The molecule has 4 saturated heterocycles. The molecule has 0 saturated carbocycles. The molecule has 39 heavy (non-hydrogen) atoms. The van der Waals surface area contributed by atoms with Crippen molar-refractivity contribution >= 4 is 54.3 Å². The number of sulfonamides is 1. The Balaban J connectivity index is 0.000000392. The molecule has 4 aliphatic rings. The first-order chi connectivity index (χ1) is 18.3. The number of aromatic nitrogens is 1. The van der Waals surface area contributed by atoms with E-state index in [-0.39, 0.29) is 34.8 Å². The van der Waals surface area contributed by atoms with Gasteiger partial charge in [0.1, 0.15) is 11.1 Å². The zero-order valence-electron chi connectivity index (χ0n) is 21.1. The number of likely N-dealkylation sites (N-methyl/N-ethyl adjacent to an activating group) is 1. The number of anilines is 1. The molecule has 3 unspecified atom stereocenters. The minimum absolute atomic E-state index is 0.131. The maximum absolute atomic E-state index is 14.0. The van der Waals surface area contributed by atoms with Crippen molar-refractivity contribution < 1.29 is 35.9 Å². The van der Waals surface area contributed by atoms with Gasteiger partial charge in [-0.25, -0.2) is 22.6 Å². The molecule has 1 aromatic carbocycles. The van der Waals surface area contributed by atoms with Crippen molar-refractivity contribution in [2.45, 2.75) is 86.4 Å². The monoisotopic (exact) mass is 612 g/mol. The third-order valence-corrected chi connectivity index (χ3v) is 11.7. The third-order valence-electron chi connectivity index (χ3n) is 8.20. The molecule has 216 valence electrons. The number of benzene rings is 1. The van der Waals surface area contributed by atoms with E-state index in [0.29, 0.717) is 12.1 Å². The first-order valence-corrected chi connectivity index (χ1v) is 15.4. The Labute approximate surface area is 232 Å². The lowest BCUT2D eigenvalue weighted by Gasteiger charge is -2.48. The highest BCUT2D eigenvalue weighted by Gasteiger charge is 2.48. The van der Waals surface area contributed by atoms with E-state index in [0.717, 1.165) is 41.3 Å². The zero-order valence-corrected chi connectivity index (χ0v) is 23.5. The van der Waals surface area contributed by atoms with Gasteiger partial charge in [0.25, 0.3) is 0 Å².